The Balaban J connectivity index is 1.46. The highest BCUT2D eigenvalue weighted by Gasteiger charge is 2.40. The molecule has 0 saturated carbocycles. The third-order valence-electron chi connectivity index (χ3n) is 5.78. The maximum Gasteiger partial charge on any atom is 0.267 e. The van der Waals surface area contributed by atoms with Gasteiger partial charge in [-0.2, -0.15) is 0 Å². The SMILES string of the molecule is CC1CN1C1=CC(=O)c2c(cc(C(=O)NCCN3CCCCC3)n2C)C1=O. The van der Waals surface area contributed by atoms with Crippen LogP contribution in [0.3, 0.4) is 0 Å². The van der Waals surface area contributed by atoms with Crippen LogP contribution in [-0.4, -0.2) is 70.6 Å². The molecule has 1 aromatic heterocycles. The molecule has 7 nitrogen and oxygen atoms in total. The van der Waals surface area contributed by atoms with Gasteiger partial charge in [0.25, 0.3) is 5.91 Å². The van der Waals surface area contributed by atoms with Gasteiger partial charge in [0.2, 0.25) is 11.6 Å². The van der Waals surface area contributed by atoms with Gasteiger partial charge in [0, 0.05) is 38.8 Å². The number of aromatic nitrogens is 1. The quantitative estimate of drug-likeness (QED) is 0.789. The summed E-state index contributed by atoms with van der Waals surface area (Å²) in [5, 5.41) is 2.93. The van der Waals surface area contributed by atoms with Crippen molar-refractivity contribution in [2.45, 2.75) is 32.2 Å². The zero-order valence-electron chi connectivity index (χ0n) is 16.0. The highest BCUT2D eigenvalue weighted by atomic mass is 16.2. The standard InChI is InChI=1S/C20H26N4O3/c1-13-12-24(13)15-11-17(25)18-14(19(15)26)10-16(22(18)2)20(27)21-6-9-23-7-4-3-5-8-23/h10-11,13H,3-9,12H2,1-2H3,(H,21,27). The third-order valence-corrected chi connectivity index (χ3v) is 5.78. The molecule has 7 heteroatoms. The predicted octanol–water partition coefficient (Wildman–Crippen LogP) is 1.21. The maximum absolute atomic E-state index is 12.8. The molecule has 1 amide bonds. The summed E-state index contributed by atoms with van der Waals surface area (Å²) in [5.41, 5.74) is 1.44. The first kappa shape index (κ1) is 18.0. The minimum absolute atomic E-state index is 0.170. The lowest BCUT2D eigenvalue weighted by Crippen LogP contribution is -2.38. The number of ketones is 2. The van der Waals surface area contributed by atoms with Crippen LogP contribution in [0.1, 0.15) is 57.5 Å². The summed E-state index contributed by atoms with van der Waals surface area (Å²) >= 11 is 0. The predicted molar refractivity (Wildman–Crippen MR) is 101 cm³/mol. The number of hydrogen-bond acceptors (Lipinski definition) is 5. The van der Waals surface area contributed by atoms with E-state index in [1.165, 1.54) is 25.3 Å². The molecule has 3 heterocycles. The fraction of sp³-hybridized carbons (Fsp3) is 0.550. The van der Waals surface area contributed by atoms with Gasteiger partial charge in [-0.15, -0.1) is 0 Å². The maximum atomic E-state index is 12.8. The van der Waals surface area contributed by atoms with E-state index in [4.69, 9.17) is 0 Å². The minimum Gasteiger partial charge on any atom is -0.362 e. The van der Waals surface area contributed by atoms with E-state index in [0.717, 1.165) is 26.2 Å². The normalized spacial score (nSPS) is 22.5. The van der Waals surface area contributed by atoms with Crippen LogP contribution in [0.25, 0.3) is 0 Å². The third kappa shape index (κ3) is 3.32. The smallest absolute Gasteiger partial charge is 0.267 e. The number of fused-ring (bicyclic) bond motifs is 1. The second-order valence-corrected chi connectivity index (χ2v) is 7.73. The summed E-state index contributed by atoms with van der Waals surface area (Å²) in [5.74, 6) is -0.628. The van der Waals surface area contributed by atoms with E-state index in [1.54, 1.807) is 17.7 Å². The summed E-state index contributed by atoms with van der Waals surface area (Å²) in [6.07, 6.45) is 5.12. The molecular weight excluding hydrogens is 344 g/mol. The Bertz CT molecular complexity index is 833. The number of piperidine rings is 1. The molecule has 2 saturated heterocycles. The van der Waals surface area contributed by atoms with Gasteiger partial charge < -0.3 is 19.7 Å². The molecule has 1 aromatic rings. The van der Waals surface area contributed by atoms with E-state index in [2.05, 4.69) is 10.2 Å². The first-order chi connectivity index (χ1) is 13.0. The van der Waals surface area contributed by atoms with Crippen molar-refractivity contribution in [1.29, 1.82) is 0 Å². The van der Waals surface area contributed by atoms with Crippen LogP contribution >= 0.6 is 0 Å². The van der Waals surface area contributed by atoms with Crippen molar-refractivity contribution in [3.05, 3.63) is 34.8 Å². The number of carbonyl (C=O) groups excluding carboxylic acids is 3. The van der Waals surface area contributed by atoms with Crippen LogP contribution in [0, 0.1) is 0 Å². The van der Waals surface area contributed by atoms with Crippen LogP contribution in [0.4, 0.5) is 0 Å². The summed E-state index contributed by atoms with van der Waals surface area (Å²) in [4.78, 5) is 42.2. The highest BCUT2D eigenvalue weighted by molar-refractivity contribution is 6.24. The Morgan fingerprint density at radius 2 is 1.93 bits per heavy atom. The van der Waals surface area contributed by atoms with Crippen molar-refractivity contribution in [3.63, 3.8) is 0 Å². The minimum atomic E-state index is -0.244. The topological polar surface area (TPSA) is 74.4 Å². The number of amides is 1. The first-order valence-corrected chi connectivity index (χ1v) is 9.75. The molecule has 2 aliphatic heterocycles. The summed E-state index contributed by atoms with van der Waals surface area (Å²) < 4.78 is 1.55. The lowest BCUT2D eigenvalue weighted by Gasteiger charge is -2.26. The number of hydrogen-bond donors (Lipinski definition) is 1. The molecule has 1 aliphatic carbocycles. The largest absolute Gasteiger partial charge is 0.362 e. The molecule has 1 N–H and O–H groups in total. The van der Waals surface area contributed by atoms with Crippen LogP contribution in [0.15, 0.2) is 17.8 Å². The van der Waals surface area contributed by atoms with Crippen LogP contribution in [0.2, 0.25) is 0 Å². The van der Waals surface area contributed by atoms with Crippen molar-refractivity contribution in [2.75, 3.05) is 32.7 Å². The van der Waals surface area contributed by atoms with Crippen molar-refractivity contribution >= 4 is 17.5 Å². The van der Waals surface area contributed by atoms with E-state index in [-0.39, 0.29) is 23.5 Å². The summed E-state index contributed by atoms with van der Waals surface area (Å²) in [6, 6.07) is 1.85. The Morgan fingerprint density at radius 3 is 2.59 bits per heavy atom. The van der Waals surface area contributed by atoms with Gasteiger partial charge in [-0.1, -0.05) is 6.42 Å². The number of Topliss-reactive ketones (excluding diaryl/α,β-unsaturated/α-hetero) is 1. The molecule has 3 aliphatic rings. The number of allylic oxidation sites excluding steroid dienone is 2. The highest BCUT2D eigenvalue weighted by Crippen LogP contribution is 2.32. The first-order valence-electron chi connectivity index (χ1n) is 9.75. The lowest BCUT2D eigenvalue weighted by molar-refractivity contribution is 0.0937. The monoisotopic (exact) mass is 370 g/mol. The van der Waals surface area contributed by atoms with E-state index in [0.29, 0.717) is 29.2 Å². The zero-order chi connectivity index (χ0) is 19.1. The van der Waals surface area contributed by atoms with Gasteiger partial charge in [-0.25, -0.2) is 0 Å². The van der Waals surface area contributed by atoms with Gasteiger partial charge in [0.15, 0.2) is 0 Å². The van der Waals surface area contributed by atoms with Crippen molar-refractivity contribution in [2.24, 2.45) is 7.05 Å². The summed E-state index contributed by atoms with van der Waals surface area (Å²) in [7, 11) is 1.67. The average molecular weight is 370 g/mol. The lowest BCUT2D eigenvalue weighted by atomic mass is 9.99. The summed E-state index contributed by atoms with van der Waals surface area (Å²) in [6.45, 7) is 6.36. The Hall–Kier alpha value is -2.41. The van der Waals surface area contributed by atoms with Gasteiger partial charge in [0.05, 0.1) is 11.3 Å². The molecule has 0 spiro atoms. The average Bonchev–Trinajstić information content (AvgIpc) is 3.27. The van der Waals surface area contributed by atoms with Crippen LogP contribution < -0.4 is 5.32 Å². The molecule has 144 valence electrons. The van der Waals surface area contributed by atoms with E-state index in [1.807, 2.05) is 11.8 Å². The molecule has 1 unspecified atom stereocenters. The number of nitrogens with zero attached hydrogens (tertiary/aromatic N) is 3. The Morgan fingerprint density at radius 1 is 1.22 bits per heavy atom. The van der Waals surface area contributed by atoms with E-state index >= 15 is 0 Å². The Kier molecular flexibility index (Phi) is 4.63. The molecular formula is C20H26N4O3. The second-order valence-electron chi connectivity index (χ2n) is 7.73. The molecule has 2 fully saturated rings. The molecule has 1 atom stereocenters. The number of nitrogens with one attached hydrogen (secondary N) is 1. The van der Waals surface area contributed by atoms with Crippen LogP contribution in [0.5, 0.6) is 0 Å². The number of likely N-dealkylation sites (tertiary alicyclic amines) is 1. The molecule has 0 aromatic carbocycles. The van der Waals surface area contributed by atoms with Gasteiger partial charge in [-0.3, -0.25) is 14.4 Å². The zero-order valence-corrected chi connectivity index (χ0v) is 16.0. The van der Waals surface area contributed by atoms with Crippen molar-refractivity contribution < 1.29 is 14.4 Å². The van der Waals surface area contributed by atoms with E-state index < -0.39 is 0 Å². The second kappa shape index (κ2) is 6.96. The van der Waals surface area contributed by atoms with Crippen molar-refractivity contribution in [1.82, 2.24) is 19.7 Å². The molecule has 0 bridgehead atoms. The van der Waals surface area contributed by atoms with Crippen LogP contribution in [-0.2, 0) is 7.05 Å². The fourth-order valence-electron chi connectivity index (χ4n) is 4.08. The fourth-order valence-corrected chi connectivity index (χ4v) is 4.08. The van der Waals surface area contributed by atoms with E-state index in [9.17, 15) is 14.4 Å². The van der Waals surface area contributed by atoms with Gasteiger partial charge in [0.1, 0.15) is 11.4 Å². The van der Waals surface area contributed by atoms with Gasteiger partial charge >= 0.3 is 0 Å². The van der Waals surface area contributed by atoms with Gasteiger partial charge in [-0.05, 0) is 38.9 Å². The molecule has 27 heavy (non-hydrogen) atoms. The number of rotatable bonds is 5. The number of carbonyl (C=O) groups is 3. The van der Waals surface area contributed by atoms with Crippen molar-refractivity contribution in [3.8, 4) is 0 Å². The molecule has 0 radical (unpaired) electrons. The Labute approximate surface area is 159 Å². The molecule has 4 rings (SSSR count).